The molecule has 0 saturated heterocycles. The molecule has 0 aliphatic heterocycles. The minimum absolute atomic E-state index is 0.0665. The van der Waals surface area contributed by atoms with Crippen LogP contribution in [0.5, 0.6) is 0 Å². The Kier molecular flexibility index (Phi) is 5.73. The fourth-order valence-corrected chi connectivity index (χ4v) is 7.05. The van der Waals surface area contributed by atoms with Crippen molar-refractivity contribution in [3.63, 3.8) is 0 Å². The van der Waals surface area contributed by atoms with E-state index in [2.05, 4.69) is 31.5 Å². The molecule has 0 amide bonds. The number of fused-ring (bicyclic) bond motifs is 5. The summed E-state index contributed by atoms with van der Waals surface area (Å²) in [5.74, 6) is 0.635. The molecule has 166 valence electrons. The minimum Gasteiger partial charge on any atom is -0.548 e. The third-order valence-electron chi connectivity index (χ3n) is 8.67. The summed E-state index contributed by atoms with van der Waals surface area (Å²) in [6.07, 6.45) is 12.4. The number of rotatable bonds is 6. The Balaban J connectivity index is 1.47. The smallest absolute Gasteiger partial charge is 0.305 e. The van der Waals surface area contributed by atoms with E-state index >= 15 is 0 Å². The van der Waals surface area contributed by atoms with Gasteiger partial charge in [0.1, 0.15) is 12.7 Å². The maximum atomic E-state index is 12.0. The third-order valence-corrected chi connectivity index (χ3v) is 8.67. The summed E-state index contributed by atoms with van der Waals surface area (Å²) in [6, 6.07) is 0. The summed E-state index contributed by atoms with van der Waals surface area (Å²) in [7, 11) is 0. The lowest BCUT2D eigenvalue weighted by molar-refractivity contribution is -0.310. The van der Waals surface area contributed by atoms with E-state index in [1.165, 1.54) is 18.4 Å². The van der Waals surface area contributed by atoms with E-state index in [1.807, 2.05) is 6.92 Å². The van der Waals surface area contributed by atoms with Gasteiger partial charge >= 0.3 is 5.97 Å². The van der Waals surface area contributed by atoms with Gasteiger partial charge in [0.2, 0.25) is 0 Å². The van der Waals surface area contributed by atoms with Gasteiger partial charge in [0.25, 0.3) is 0 Å². The maximum Gasteiger partial charge on any atom is 0.305 e. The highest BCUT2D eigenvalue weighted by molar-refractivity contribution is 5.69. The van der Waals surface area contributed by atoms with Crippen LogP contribution in [0.2, 0.25) is 0 Å². The van der Waals surface area contributed by atoms with Gasteiger partial charge in [-0.05, 0) is 74.2 Å². The maximum absolute atomic E-state index is 12.0. The van der Waals surface area contributed by atoms with Crippen molar-refractivity contribution in [2.75, 3.05) is 6.61 Å². The van der Waals surface area contributed by atoms with Crippen LogP contribution in [0.1, 0.15) is 72.1 Å². The van der Waals surface area contributed by atoms with Crippen LogP contribution < -0.4 is 10.6 Å². The Morgan fingerprint density at radius 2 is 2.00 bits per heavy atom. The van der Waals surface area contributed by atoms with E-state index in [-0.39, 0.29) is 22.9 Å². The van der Waals surface area contributed by atoms with Gasteiger partial charge < -0.3 is 14.6 Å². The average molecular weight is 417 g/mol. The molecule has 6 atom stereocenters. The molecule has 4 aliphatic rings. The molecule has 0 heterocycles. The number of hydrogen-bond donors (Lipinski definition) is 1. The Morgan fingerprint density at radius 3 is 2.73 bits per heavy atom. The molecule has 30 heavy (non-hydrogen) atoms. The summed E-state index contributed by atoms with van der Waals surface area (Å²) in [5, 5.41) is 10.6. The molecule has 0 unspecified atom stereocenters. The highest BCUT2D eigenvalue weighted by Gasteiger charge is 2.59. The summed E-state index contributed by atoms with van der Waals surface area (Å²) in [5.41, 5.74) is 5.30. The van der Waals surface area contributed by atoms with Gasteiger partial charge in [-0.1, -0.05) is 32.4 Å². The van der Waals surface area contributed by atoms with Crippen LogP contribution in [-0.4, -0.2) is 24.6 Å². The second-order valence-corrected chi connectivity index (χ2v) is 10.1. The van der Waals surface area contributed by atoms with E-state index in [0.717, 1.165) is 37.8 Å². The van der Waals surface area contributed by atoms with Crippen LogP contribution in [-0.2, 0) is 19.2 Å². The molecule has 4 aliphatic carbocycles. The summed E-state index contributed by atoms with van der Waals surface area (Å²) in [4.78, 5) is 27.5. The van der Waals surface area contributed by atoms with E-state index in [1.54, 1.807) is 0 Å². The molecule has 6 nitrogen and oxygen atoms in total. The number of aliphatic carboxylic acids is 1. The molecular formula is C24H34NO5-. The predicted octanol–water partition coefficient (Wildman–Crippen LogP) is 3.04. The highest BCUT2D eigenvalue weighted by Crippen LogP contribution is 2.65. The van der Waals surface area contributed by atoms with Crippen LogP contribution in [0, 0.1) is 28.6 Å². The van der Waals surface area contributed by atoms with E-state index in [0.29, 0.717) is 24.2 Å². The lowest BCUT2D eigenvalue weighted by Gasteiger charge is -2.57. The van der Waals surface area contributed by atoms with Crippen molar-refractivity contribution >= 4 is 11.9 Å². The number of nitrogens with one attached hydrogen (secondary N) is 1. The first-order valence-electron chi connectivity index (χ1n) is 11.5. The summed E-state index contributed by atoms with van der Waals surface area (Å²) < 4.78 is 5.88. The van der Waals surface area contributed by atoms with Crippen LogP contribution >= 0.6 is 0 Å². The van der Waals surface area contributed by atoms with Crippen molar-refractivity contribution in [1.29, 1.82) is 0 Å². The van der Waals surface area contributed by atoms with Crippen molar-refractivity contribution in [2.45, 2.75) is 78.2 Å². The average Bonchev–Trinajstić information content (AvgIpc) is 3.04. The standard InChI is InChI=1S/C24H35NO5/c1-4-22(28)30-20-8-7-18-17-6-5-15-13-16(25-29-14-21(26)27)9-11-23(15,2)19(17)10-12-24(18,20)3/h9,13,17-20,25H,4-8,10-12,14H2,1-3H3,(H,26,27)/p-1/t17-,18-,19-,20-,23+,24+/m1/s1. The normalized spacial score (nSPS) is 39.7. The zero-order valence-electron chi connectivity index (χ0n) is 18.4. The predicted molar refractivity (Wildman–Crippen MR) is 109 cm³/mol. The fraction of sp³-hybridized carbons (Fsp3) is 0.750. The van der Waals surface area contributed by atoms with Gasteiger partial charge in [-0.25, -0.2) is 0 Å². The van der Waals surface area contributed by atoms with E-state index in [9.17, 15) is 14.7 Å². The first-order valence-corrected chi connectivity index (χ1v) is 11.5. The molecular weight excluding hydrogens is 382 g/mol. The van der Waals surface area contributed by atoms with Gasteiger partial charge in [-0.3, -0.25) is 15.1 Å². The van der Waals surface area contributed by atoms with Gasteiger partial charge in [0.15, 0.2) is 0 Å². The molecule has 0 aromatic heterocycles. The van der Waals surface area contributed by atoms with Crippen LogP contribution in [0.15, 0.2) is 23.4 Å². The first-order chi connectivity index (χ1) is 14.3. The Hall–Kier alpha value is -1.82. The number of carboxylic acid groups (broad SMARTS) is 1. The zero-order valence-corrected chi connectivity index (χ0v) is 18.4. The number of esters is 1. The van der Waals surface area contributed by atoms with Crippen LogP contribution in [0.25, 0.3) is 0 Å². The van der Waals surface area contributed by atoms with Gasteiger partial charge in [0, 0.05) is 11.8 Å². The minimum atomic E-state index is -1.23. The monoisotopic (exact) mass is 416 g/mol. The van der Waals surface area contributed by atoms with E-state index < -0.39 is 12.6 Å². The molecule has 0 aromatic rings. The topological polar surface area (TPSA) is 87.7 Å². The number of carbonyl (C=O) groups excluding carboxylic acids is 2. The number of hydrogen-bond acceptors (Lipinski definition) is 6. The second kappa shape index (κ2) is 8.03. The second-order valence-electron chi connectivity index (χ2n) is 10.1. The molecule has 0 aromatic carbocycles. The number of carbonyl (C=O) groups is 2. The van der Waals surface area contributed by atoms with Crippen molar-refractivity contribution in [1.82, 2.24) is 5.48 Å². The molecule has 3 fully saturated rings. The lowest BCUT2D eigenvalue weighted by Crippen LogP contribution is -2.51. The first kappa shape index (κ1) is 21.4. The van der Waals surface area contributed by atoms with Crippen LogP contribution in [0.4, 0.5) is 0 Å². The van der Waals surface area contributed by atoms with Crippen molar-refractivity contribution in [2.24, 2.45) is 28.6 Å². The third kappa shape index (κ3) is 3.57. The summed E-state index contributed by atoms with van der Waals surface area (Å²) >= 11 is 0. The molecule has 6 heteroatoms. The Labute approximate surface area is 179 Å². The van der Waals surface area contributed by atoms with Gasteiger partial charge in [-0.15, -0.1) is 0 Å². The van der Waals surface area contributed by atoms with Crippen molar-refractivity contribution in [3.8, 4) is 0 Å². The Bertz CT molecular complexity index is 774. The SMILES string of the molecule is CCC(=O)O[C@@H]1CC[C@@H]2[C@H]3CCC4=CC(NOCC(=O)[O-])=CC[C@]4(C)[C@@H]3CC[C@@]21C. The zero-order chi connectivity index (χ0) is 21.5. The van der Waals surface area contributed by atoms with Crippen molar-refractivity contribution in [3.05, 3.63) is 23.4 Å². The quantitative estimate of drug-likeness (QED) is 0.529. The number of hydroxylamine groups is 1. The van der Waals surface area contributed by atoms with Crippen LogP contribution in [0.3, 0.4) is 0 Å². The number of carboxylic acids is 1. The summed E-state index contributed by atoms with van der Waals surface area (Å²) in [6.45, 7) is 6.16. The van der Waals surface area contributed by atoms with Gasteiger partial charge in [-0.2, -0.15) is 0 Å². The molecule has 0 spiro atoms. The number of ether oxygens (including phenoxy) is 1. The van der Waals surface area contributed by atoms with Crippen molar-refractivity contribution < 1.29 is 24.3 Å². The lowest BCUT2D eigenvalue weighted by atomic mass is 9.48. The molecule has 0 bridgehead atoms. The fourth-order valence-electron chi connectivity index (χ4n) is 7.05. The number of allylic oxidation sites excluding steroid dienone is 3. The molecule has 1 N–H and O–H groups in total. The molecule has 3 saturated carbocycles. The molecule has 4 rings (SSSR count). The Morgan fingerprint density at radius 1 is 1.20 bits per heavy atom. The van der Waals surface area contributed by atoms with E-state index in [4.69, 9.17) is 9.57 Å². The largest absolute Gasteiger partial charge is 0.548 e. The molecule has 0 radical (unpaired) electrons. The highest BCUT2D eigenvalue weighted by atomic mass is 16.7. The van der Waals surface area contributed by atoms with Gasteiger partial charge in [0.05, 0.1) is 11.7 Å².